The van der Waals surface area contributed by atoms with Crippen molar-refractivity contribution in [2.24, 2.45) is 0 Å². The van der Waals surface area contributed by atoms with E-state index < -0.39 is 5.91 Å². The summed E-state index contributed by atoms with van der Waals surface area (Å²) in [6.45, 7) is 1.81. The van der Waals surface area contributed by atoms with Crippen LogP contribution in [-0.4, -0.2) is 49.6 Å². The maximum Gasteiger partial charge on any atom is 0.262 e. The first-order chi connectivity index (χ1) is 12.6. The molecule has 0 unspecified atom stereocenters. The van der Waals surface area contributed by atoms with Crippen LogP contribution in [0.1, 0.15) is 10.4 Å². The Balaban J connectivity index is 1.62. The van der Waals surface area contributed by atoms with Gasteiger partial charge in [-0.15, -0.1) is 0 Å². The zero-order valence-electron chi connectivity index (χ0n) is 14.1. The van der Waals surface area contributed by atoms with E-state index in [2.05, 4.69) is 5.32 Å². The fraction of sp³-hybridized carbons (Fsp3) is 0.263. The Kier molecular flexibility index (Phi) is 5.80. The highest BCUT2D eigenvalue weighted by atomic mass is 19.1. The van der Waals surface area contributed by atoms with Crippen LogP contribution in [0.25, 0.3) is 0 Å². The predicted octanol–water partition coefficient (Wildman–Crippen LogP) is 2.32. The lowest BCUT2D eigenvalue weighted by molar-refractivity contribution is -0.118. The predicted molar refractivity (Wildman–Crippen MR) is 93.7 cm³/mol. The molecule has 1 heterocycles. The molecule has 0 radical (unpaired) electrons. The zero-order chi connectivity index (χ0) is 18.4. The quantitative estimate of drug-likeness (QED) is 0.891. The molecule has 0 spiro atoms. The van der Waals surface area contributed by atoms with E-state index in [-0.39, 0.29) is 18.3 Å². The molecule has 1 fully saturated rings. The van der Waals surface area contributed by atoms with Gasteiger partial charge in [0.05, 0.1) is 24.5 Å². The number of ether oxygens (including phenoxy) is 2. The van der Waals surface area contributed by atoms with Gasteiger partial charge in [-0.25, -0.2) is 4.39 Å². The summed E-state index contributed by atoms with van der Waals surface area (Å²) in [7, 11) is 0. The minimum Gasteiger partial charge on any atom is -0.484 e. The van der Waals surface area contributed by atoms with Crippen LogP contribution in [0.2, 0.25) is 0 Å². The third kappa shape index (κ3) is 4.58. The lowest BCUT2D eigenvalue weighted by atomic mass is 10.1. The SMILES string of the molecule is O=C(COc1ccc(F)cc1)Nc1ccccc1C(=O)N1CCOCC1. The van der Waals surface area contributed by atoms with Crippen LogP contribution in [0.4, 0.5) is 10.1 Å². The number of anilines is 1. The lowest BCUT2D eigenvalue weighted by Gasteiger charge is -2.27. The van der Waals surface area contributed by atoms with E-state index in [0.717, 1.165) is 0 Å². The lowest BCUT2D eigenvalue weighted by Crippen LogP contribution is -2.41. The Labute approximate surface area is 150 Å². The van der Waals surface area contributed by atoms with Gasteiger partial charge in [0.15, 0.2) is 6.61 Å². The van der Waals surface area contributed by atoms with Crippen LogP contribution >= 0.6 is 0 Å². The van der Waals surface area contributed by atoms with Crippen molar-refractivity contribution in [3.05, 3.63) is 59.9 Å². The van der Waals surface area contributed by atoms with Crippen molar-refractivity contribution >= 4 is 17.5 Å². The number of amides is 2. The van der Waals surface area contributed by atoms with Crippen LogP contribution < -0.4 is 10.1 Å². The first-order valence-electron chi connectivity index (χ1n) is 8.28. The van der Waals surface area contributed by atoms with Gasteiger partial charge in [0.1, 0.15) is 11.6 Å². The van der Waals surface area contributed by atoms with Crippen molar-refractivity contribution < 1.29 is 23.5 Å². The van der Waals surface area contributed by atoms with Gasteiger partial charge < -0.3 is 19.7 Å². The Hall–Kier alpha value is -2.93. The van der Waals surface area contributed by atoms with Crippen molar-refractivity contribution in [2.75, 3.05) is 38.2 Å². The number of morpholine rings is 1. The van der Waals surface area contributed by atoms with Crippen molar-refractivity contribution in [1.29, 1.82) is 0 Å². The second kappa shape index (κ2) is 8.44. The molecule has 1 saturated heterocycles. The summed E-state index contributed by atoms with van der Waals surface area (Å²) in [5, 5.41) is 2.70. The van der Waals surface area contributed by atoms with E-state index in [1.165, 1.54) is 24.3 Å². The molecule has 7 heteroatoms. The third-order valence-electron chi connectivity index (χ3n) is 3.91. The minimum absolute atomic E-state index is 0.149. The van der Waals surface area contributed by atoms with E-state index in [9.17, 15) is 14.0 Å². The van der Waals surface area contributed by atoms with Gasteiger partial charge in [0.25, 0.3) is 11.8 Å². The molecular weight excluding hydrogens is 339 g/mol. The molecule has 0 bridgehead atoms. The number of carbonyl (C=O) groups is 2. The van der Waals surface area contributed by atoms with E-state index in [1.54, 1.807) is 29.2 Å². The molecule has 136 valence electrons. The molecule has 1 aliphatic rings. The molecular formula is C19H19FN2O4. The average molecular weight is 358 g/mol. The fourth-order valence-electron chi connectivity index (χ4n) is 2.58. The van der Waals surface area contributed by atoms with Gasteiger partial charge in [-0.1, -0.05) is 12.1 Å². The van der Waals surface area contributed by atoms with Gasteiger partial charge in [-0.3, -0.25) is 9.59 Å². The van der Waals surface area contributed by atoms with Crippen molar-refractivity contribution in [3.63, 3.8) is 0 Å². The number of hydrogen-bond donors (Lipinski definition) is 1. The molecule has 2 aromatic rings. The Morgan fingerprint density at radius 1 is 1.08 bits per heavy atom. The van der Waals surface area contributed by atoms with Crippen LogP contribution in [0.5, 0.6) is 5.75 Å². The number of nitrogens with one attached hydrogen (secondary N) is 1. The van der Waals surface area contributed by atoms with Gasteiger partial charge in [0.2, 0.25) is 0 Å². The van der Waals surface area contributed by atoms with Crippen molar-refractivity contribution in [2.45, 2.75) is 0 Å². The Morgan fingerprint density at radius 2 is 1.77 bits per heavy atom. The fourth-order valence-corrected chi connectivity index (χ4v) is 2.58. The van der Waals surface area contributed by atoms with Crippen molar-refractivity contribution in [1.82, 2.24) is 4.90 Å². The summed E-state index contributed by atoms with van der Waals surface area (Å²) in [5.74, 6) is -0.545. The number of para-hydroxylation sites is 1. The van der Waals surface area contributed by atoms with E-state index in [1.807, 2.05) is 0 Å². The number of rotatable bonds is 5. The van der Waals surface area contributed by atoms with Gasteiger partial charge >= 0.3 is 0 Å². The molecule has 0 aromatic heterocycles. The van der Waals surface area contributed by atoms with Gasteiger partial charge in [-0.2, -0.15) is 0 Å². The highest BCUT2D eigenvalue weighted by Crippen LogP contribution is 2.18. The van der Waals surface area contributed by atoms with Crippen LogP contribution in [0, 0.1) is 5.82 Å². The molecule has 2 aromatic carbocycles. The van der Waals surface area contributed by atoms with E-state index in [0.29, 0.717) is 43.3 Å². The van der Waals surface area contributed by atoms with Crippen LogP contribution in [0.3, 0.4) is 0 Å². The van der Waals surface area contributed by atoms with Gasteiger partial charge in [0, 0.05) is 13.1 Å². The molecule has 1 aliphatic heterocycles. The van der Waals surface area contributed by atoms with Crippen molar-refractivity contribution in [3.8, 4) is 5.75 Å². The number of carbonyl (C=O) groups excluding carboxylic acids is 2. The minimum atomic E-state index is -0.406. The number of nitrogens with zero attached hydrogens (tertiary/aromatic N) is 1. The zero-order valence-corrected chi connectivity index (χ0v) is 14.1. The third-order valence-corrected chi connectivity index (χ3v) is 3.91. The highest BCUT2D eigenvalue weighted by Gasteiger charge is 2.21. The standard InChI is InChI=1S/C19H19FN2O4/c20-14-5-7-15(8-6-14)26-13-18(23)21-17-4-2-1-3-16(17)19(24)22-9-11-25-12-10-22/h1-8H,9-13H2,(H,21,23). The number of hydrogen-bond acceptors (Lipinski definition) is 4. The topological polar surface area (TPSA) is 67.9 Å². The molecule has 3 rings (SSSR count). The molecule has 26 heavy (non-hydrogen) atoms. The summed E-state index contributed by atoms with van der Waals surface area (Å²) in [5.41, 5.74) is 0.848. The summed E-state index contributed by atoms with van der Waals surface area (Å²) in [4.78, 5) is 26.5. The van der Waals surface area contributed by atoms with Crippen LogP contribution in [0.15, 0.2) is 48.5 Å². The summed E-state index contributed by atoms with van der Waals surface area (Å²) in [6.07, 6.45) is 0. The number of benzene rings is 2. The highest BCUT2D eigenvalue weighted by molar-refractivity contribution is 6.04. The maximum atomic E-state index is 12.9. The smallest absolute Gasteiger partial charge is 0.262 e. The monoisotopic (exact) mass is 358 g/mol. The largest absolute Gasteiger partial charge is 0.484 e. The summed E-state index contributed by atoms with van der Waals surface area (Å²) < 4.78 is 23.4. The maximum absolute atomic E-state index is 12.9. The second-order valence-electron chi connectivity index (χ2n) is 5.74. The second-order valence-corrected chi connectivity index (χ2v) is 5.74. The molecule has 1 N–H and O–H groups in total. The number of halogens is 1. The molecule has 2 amide bonds. The Bertz CT molecular complexity index is 773. The van der Waals surface area contributed by atoms with Crippen LogP contribution in [-0.2, 0) is 9.53 Å². The summed E-state index contributed by atoms with van der Waals surface area (Å²) >= 11 is 0. The molecule has 0 saturated carbocycles. The van der Waals surface area contributed by atoms with E-state index >= 15 is 0 Å². The Morgan fingerprint density at radius 3 is 2.50 bits per heavy atom. The van der Waals surface area contributed by atoms with Gasteiger partial charge in [-0.05, 0) is 36.4 Å². The van der Waals surface area contributed by atoms with E-state index in [4.69, 9.17) is 9.47 Å². The molecule has 6 nitrogen and oxygen atoms in total. The average Bonchev–Trinajstić information content (AvgIpc) is 2.68. The normalized spacial score (nSPS) is 14.0. The first-order valence-corrected chi connectivity index (χ1v) is 8.28. The summed E-state index contributed by atoms with van der Waals surface area (Å²) in [6, 6.07) is 12.2. The molecule has 0 aliphatic carbocycles. The molecule has 0 atom stereocenters. The first kappa shape index (κ1) is 17.9.